The van der Waals surface area contributed by atoms with E-state index in [-0.39, 0.29) is 30.3 Å². The summed E-state index contributed by atoms with van der Waals surface area (Å²) in [6.07, 6.45) is 1.52. The number of ether oxygens (including phenoxy) is 1. The van der Waals surface area contributed by atoms with Crippen molar-refractivity contribution in [1.82, 2.24) is 15.2 Å². The van der Waals surface area contributed by atoms with Crippen LogP contribution < -0.4 is 16.0 Å². The van der Waals surface area contributed by atoms with E-state index in [2.05, 4.69) is 20.9 Å². The lowest BCUT2D eigenvalue weighted by molar-refractivity contribution is -0.122. The van der Waals surface area contributed by atoms with Crippen LogP contribution in [-0.4, -0.2) is 61.2 Å². The molecule has 152 valence electrons. The van der Waals surface area contributed by atoms with E-state index in [1.165, 1.54) is 11.3 Å². The van der Waals surface area contributed by atoms with Crippen LogP contribution in [-0.2, 0) is 9.53 Å². The van der Waals surface area contributed by atoms with E-state index in [9.17, 15) is 9.59 Å². The Morgan fingerprint density at radius 3 is 2.68 bits per heavy atom. The number of nitrogens with zero attached hydrogens (tertiary/aromatic N) is 2. The van der Waals surface area contributed by atoms with Crippen molar-refractivity contribution in [3.63, 3.8) is 0 Å². The molecule has 0 atom stereocenters. The number of amides is 3. The summed E-state index contributed by atoms with van der Waals surface area (Å²) in [5.41, 5.74) is 1.56. The number of nitrogens with one attached hydrogen (secondary N) is 3. The highest BCUT2D eigenvalue weighted by atomic mass is 35.5. The van der Waals surface area contributed by atoms with Gasteiger partial charge in [0.05, 0.1) is 10.2 Å². The fraction of sp³-hybridized carbons (Fsp3) is 0.500. The second kappa shape index (κ2) is 9.51. The van der Waals surface area contributed by atoms with Crippen LogP contribution in [0.3, 0.4) is 0 Å². The average Bonchev–Trinajstić information content (AvgIpc) is 3.10. The molecule has 1 aromatic heterocycles. The quantitative estimate of drug-likeness (QED) is 0.702. The largest absolute Gasteiger partial charge is 0.381 e. The number of fused-ring (bicyclic) bond motifs is 1. The maximum absolute atomic E-state index is 12.4. The van der Waals surface area contributed by atoms with Crippen LogP contribution >= 0.6 is 23.7 Å². The molecular formula is C18H24ClN5O3S. The molecule has 2 saturated heterocycles. The first-order valence-electron chi connectivity index (χ1n) is 9.25. The van der Waals surface area contributed by atoms with E-state index in [4.69, 9.17) is 4.74 Å². The zero-order valence-corrected chi connectivity index (χ0v) is 17.0. The van der Waals surface area contributed by atoms with Gasteiger partial charge in [0.2, 0.25) is 5.91 Å². The van der Waals surface area contributed by atoms with E-state index in [1.54, 1.807) is 4.90 Å². The van der Waals surface area contributed by atoms with Crippen molar-refractivity contribution >= 4 is 56.7 Å². The molecule has 2 aliphatic heterocycles. The van der Waals surface area contributed by atoms with E-state index in [1.807, 2.05) is 18.2 Å². The molecule has 3 N–H and O–H groups in total. The molecule has 2 aromatic rings. The Labute approximate surface area is 173 Å². The number of rotatable bonds is 3. The molecule has 0 unspecified atom stereocenters. The van der Waals surface area contributed by atoms with Crippen molar-refractivity contribution < 1.29 is 14.3 Å². The van der Waals surface area contributed by atoms with Crippen molar-refractivity contribution in [2.45, 2.75) is 12.8 Å². The Bertz CT molecular complexity index is 804. The van der Waals surface area contributed by atoms with Crippen molar-refractivity contribution in [2.24, 2.45) is 5.92 Å². The van der Waals surface area contributed by atoms with Crippen LogP contribution in [0, 0.1) is 5.92 Å². The minimum absolute atomic E-state index is 0. The first kappa shape index (κ1) is 20.8. The van der Waals surface area contributed by atoms with Gasteiger partial charge in [-0.05, 0) is 31.0 Å². The van der Waals surface area contributed by atoms with Gasteiger partial charge in [0.15, 0.2) is 5.13 Å². The van der Waals surface area contributed by atoms with Gasteiger partial charge in [-0.1, -0.05) is 11.3 Å². The molecule has 0 radical (unpaired) electrons. The molecule has 2 fully saturated rings. The lowest BCUT2D eigenvalue weighted by Gasteiger charge is -2.26. The summed E-state index contributed by atoms with van der Waals surface area (Å²) in [4.78, 5) is 31.0. The highest BCUT2D eigenvalue weighted by Crippen LogP contribution is 2.29. The van der Waals surface area contributed by atoms with E-state index >= 15 is 0 Å². The van der Waals surface area contributed by atoms with Gasteiger partial charge in [-0.15, -0.1) is 12.4 Å². The van der Waals surface area contributed by atoms with E-state index < -0.39 is 0 Å². The fourth-order valence-electron chi connectivity index (χ4n) is 3.30. The van der Waals surface area contributed by atoms with Crippen LogP contribution in [0.2, 0.25) is 0 Å². The monoisotopic (exact) mass is 425 g/mol. The molecule has 3 amide bonds. The Morgan fingerprint density at radius 1 is 1.18 bits per heavy atom. The van der Waals surface area contributed by atoms with Crippen LogP contribution in [0.1, 0.15) is 12.8 Å². The lowest BCUT2D eigenvalue weighted by atomic mass is 9.99. The Kier molecular flexibility index (Phi) is 7.06. The summed E-state index contributed by atoms with van der Waals surface area (Å²) in [5, 5.41) is 9.66. The molecule has 3 heterocycles. The third-order valence-corrected chi connectivity index (χ3v) is 5.80. The second-order valence-electron chi connectivity index (χ2n) is 6.74. The van der Waals surface area contributed by atoms with Crippen LogP contribution in [0.5, 0.6) is 0 Å². The van der Waals surface area contributed by atoms with E-state index in [0.717, 1.165) is 41.8 Å². The summed E-state index contributed by atoms with van der Waals surface area (Å²) in [7, 11) is 0. The fourth-order valence-corrected chi connectivity index (χ4v) is 4.19. The van der Waals surface area contributed by atoms with Crippen molar-refractivity contribution in [1.29, 1.82) is 0 Å². The molecule has 4 rings (SSSR count). The zero-order chi connectivity index (χ0) is 18.6. The SMILES string of the molecule is Cl.O=C(Nc1ccc2nc(NC(=O)N3CCNCC3)sc2c1)C1CCOCC1. The first-order chi connectivity index (χ1) is 13.2. The van der Waals surface area contributed by atoms with Gasteiger partial charge >= 0.3 is 6.03 Å². The van der Waals surface area contributed by atoms with Gasteiger partial charge in [-0.2, -0.15) is 0 Å². The molecule has 0 spiro atoms. The molecule has 2 aliphatic rings. The smallest absolute Gasteiger partial charge is 0.323 e. The maximum Gasteiger partial charge on any atom is 0.323 e. The number of carbonyl (C=O) groups excluding carboxylic acids is 2. The topological polar surface area (TPSA) is 95.6 Å². The molecule has 1 aromatic carbocycles. The number of thiazole rings is 1. The Morgan fingerprint density at radius 2 is 1.93 bits per heavy atom. The van der Waals surface area contributed by atoms with Crippen molar-refractivity contribution in [3.8, 4) is 0 Å². The molecule has 28 heavy (non-hydrogen) atoms. The van der Waals surface area contributed by atoms with Crippen molar-refractivity contribution in [2.75, 3.05) is 50.0 Å². The van der Waals surface area contributed by atoms with Crippen molar-refractivity contribution in [3.05, 3.63) is 18.2 Å². The standard InChI is InChI=1S/C18H23N5O3S.ClH/c24-16(12-3-9-26-10-4-12)20-13-1-2-14-15(11-13)27-17(21-14)22-18(25)23-7-5-19-6-8-23;/h1-2,11-12,19H,3-10H2,(H,20,24)(H,21,22,25);1H. The maximum atomic E-state index is 12.4. The summed E-state index contributed by atoms with van der Waals surface area (Å²) >= 11 is 1.41. The number of halogens is 1. The third kappa shape index (κ3) is 4.91. The van der Waals surface area contributed by atoms with Crippen LogP contribution in [0.4, 0.5) is 15.6 Å². The van der Waals surface area contributed by atoms with Gasteiger partial charge in [0.1, 0.15) is 0 Å². The van der Waals surface area contributed by atoms with Gasteiger partial charge in [-0.3, -0.25) is 10.1 Å². The predicted molar refractivity (Wildman–Crippen MR) is 113 cm³/mol. The minimum Gasteiger partial charge on any atom is -0.381 e. The number of aromatic nitrogens is 1. The second-order valence-corrected chi connectivity index (χ2v) is 7.78. The van der Waals surface area contributed by atoms with Crippen LogP contribution in [0.25, 0.3) is 10.2 Å². The minimum atomic E-state index is -0.122. The molecule has 0 aliphatic carbocycles. The van der Waals surface area contributed by atoms with Gasteiger partial charge < -0.3 is 20.3 Å². The molecule has 0 bridgehead atoms. The number of anilines is 2. The normalized spacial score (nSPS) is 17.8. The highest BCUT2D eigenvalue weighted by molar-refractivity contribution is 7.22. The number of carbonyl (C=O) groups is 2. The number of piperazine rings is 1. The first-order valence-corrected chi connectivity index (χ1v) is 10.1. The summed E-state index contributed by atoms with van der Waals surface area (Å²) < 4.78 is 6.23. The summed E-state index contributed by atoms with van der Waals surface area (Å²) in [6.45, 7) is 4.29. The summed E-state index contributed by atoms with van der Waals surface area (Å²) in [6, 6.07) is 5.50. The average molecular weight is 426 g/mol. The molecule has 0 saturated carbocycles. The van der Waals surface area contributed by atoms with Gasteiger partial charge in [-0.25, -0.2) is 9.78 Å². The number of hydrogen-bond donors (Lipinski definition) is 3. The third-order valence-electron chi connectivity index (χ3n) is 4.87. The van der Waals surface area contributed by atoms with Gasteiger partial charge in [0.25, 0.3) is 0 Å². The highest BCUT2D eigenvalue weighted by Gasteiger charge is 2.22. The molecular weight excluding hydrogens is 402 g/mol. The number of benzene rings is 1. The number of hydrogen-bond acceptors (Lipinski definition) is 6. The van der Waals surface area contributed by atoms with E-state index in [0.29, 0.717) is 31.4 Å². The van der Waals surface area contributed by atoms with Crippen LogP contribution in [0.15, 0.2) is 18.2 Å². The predicted octanol–water partition coefficient (Wildman–Crippen LogP) is 2.52. The number of urea groups is 1. The molecule has 8 nitrogen and oxygen atoms in total. The summed E-state index contributed by atoms with van der Waals surface area (Å²) in [5.74, 6) is 0.0409. The Hall–Kier alpha value is -1.94. The molecule has 10 heteroatoms. The van der Waals surface area contributed by atoms with Gasteiger partial charge in [0, 0.05) is 51.0 Å². The Balaban J connectivity index is 0.00000225. The zero-order valence-electron chi connectivity index (χ0n) is 15.4. The lowest BCUT2D eigenvalue weighted by Crippen LogP contribution is -2.48.